The van der Waals surface area contributed by atoms with Crippen LogP contribution in [0.25, 0.3) is 55.7 Å². The minimum Gasteiger partial charge on any atom is -0.421 e. The van der Waals surface area contributed by atoms with Gasteiger partial charge in [0.25, 0.3) is 0 Å². The fraction of sp³-hybridized carbons (Fsp3) is 0.220. The van der Waals surface area contributed by atoms with Gasteiger partial charge in [0.15, 0.2) is 11.5 Å². The molecule has 2 saturated heterocycles. The second-order valence-corrected chi connectivity index (χ2v) is 13.6. The van der Waals surface area contributed by atoms with Gasteiger partial charge < -0.3 is 37.7 Å². The molecule has 8 heterocycles. The molecule has 2 aromatic carbocycles. The molecule has 10 rings (SSSR count). The van der Waals surface area contributed by atoms with Crippen molar-refractivity contribution in [2.75, 3.05) is 69.2 Å². The number of likely N-dealkylation sites (N-methyl/N-ethyl adjacent to an activating group) is 1. The number of aromatic nitrogens is 4. The number of piperazine rings is 2. The highest BCUT2D eigenvalue weighted by molar-refractivity contribution is 5.88. The van der Waals surface area contributed by atoms with E-state index in [1.165, 1.54) is 0 Å². The molecule has 12 nitrogen and oxygen atoms in total. The van der Waals surface area contributed by atoms with Crippen molar-refractivity contribution < 1.29 is 8.83 Å². The van der Waals surface area contributed by atoms with Crippen LogP contribution < -0.4 is 26.4 Å². The van der Waals surface area contributed by atoms with Crippen molar-refractivity contribution in [1.82, 2.24) is 29.0 Å². The van der Waals surface area contributed by atoms with Crippen LogP contribution in [0, 0.1) is 0 Å². The van der Waals surface area contributed by atoms with Crippen LogP contribution in [-0.2, 0) is 0 Å². The number of pyridine rings is 2. The number of imidazole rings is 2. The molecule has 0 atom stereocenters. The Morgan fingerprint density at radius 2 is 1.08 bits per heavy atom. The summed E-state index contributed by atoms with van der Waals surface area (Å²) in [5.74, 6) is 0.977. The molecular weight excluding hydrogens is 669 g/mol. The first kappa shape index (κ1) is 32.7. The molecule has 2 aliphatic heterocycles. The molecule has 0 spiro atoms. The summed E-state index contributed by atoms with van der Waals surface area (Å²) in [4.78, 5) is 41.2. The largest absolute Gasteiger partial charge is 0.421 e. The average molecular weight is 707 g/mol. The van der Waals surface area contributed by atoms with Crippen molar-refractivity contribution in [2.24, 2.45) is 0 Å². The van der Waals surface area contributed by atoms with Gasteiger partial charge in [0.1, 0.15) is 22.7 Å². The Bertz CT molecular complexity index is 2650. The number of nitrogens with zero attached hydrogens (tertiary/aromatic N) is 7. The zero-order valence-corrected chi connectivity index (χ0v) is 29.3. The zero-order chi connectivity index (χ0) is 35.9. The van der Waals surface area contributed by atoms with Crippen LogP contribution in [0.1, 0.15) is 0 Å². The number of fused-ring (bicyclic) bond motifs is 4. The van der Waals surface area contributed by atoms with Gasteiger partial charge in [-0.3, -0.25) is 0 Å². The molecule has 53 heavy (non-hydrogen) atoms. The summed E-state index contributed by atoms with van der Waals surface area (Å²) in [5, 5.41) is 6.29. The average Bonchev–Trinajstić information content (AvgIpc) is 3.84. The Hall–Kier alpha value is -6.24. The third-order valence-electron chi connectivity index (χ3n) is 10.1. The number of nitrogens with one attached hydrogen (secondary N) is 1. The van der Waals surface area contributed by atoms with E-state index in [0.717, 1.165) is 85.8 Å². The number of hydrogen-bond acceptors (Lipinski definition) is 10. The monoisotopic (exact) mass is 706 g/mol. The lowest BCUT2D eigenvalue weighted by atomic mass is 10.1. The van der Waals surface area contributed by atoms with E-state index in [0.29, 0.717) is 33.7 Å². The van der Waals surface area contributed by atoms with Crippen molar-refractivity contribution in [3.63, 3.8) is 0 Å². The Morgan fingerprint density at radius 3 is 1.57 bits per heavy atom. The molecule has 0 radical (unpaired) electrons. The van der Waals surface area contributed by atoms with Crippen LogP contribution in [0.3, 0.4) is 0 Å². The van der Waals surface area contributed by atoms with E-state index in [-0.39, 0.29) is 11.3 Å². The third kappa shape index (κ3) is 6.54. The predicted octanol–water partition coefficient (Wildman–Crippen LogP) is 5.38. The number of rotatable bonds is 4. The molecular formula is C41H38N8O4. The smallest absolute Gasteiger partial charge is 0.344 e. The van der Waals surface area contributed by atoms with E-state index in [2.05, 4.69) is 49.2 Å². The normalized spacial score (nSPS) is 15.3. The molecule has 0 amide bonds. The van der Waals surface area contributed by atoms with Crippen LogP contribution in [0.5, 0.6) is 0 Å². The summed E-state index contributed by atoms with van der Waals surface area (Å²) in [7, 11) is 2.13. The Morgan fingerprint density at radius 1 is 0.585 bits per heavy atom. The van der Waals surface area contributed by atoms with E-state index in [4.69, 9.17) is 8.83 Å². The maximum atomic E-state index is 12.6. The van der Waals surface area contributed by atoms with E-state index >= 15 is 0 Å². The van der Waals surface area contributed by atoms with Gasteiger partial charge in [-0.05, 0) is 78.5 Å². The van der Waals surface area contributed by atoms with Gasteiger partial charge in [0.05, 0.1) is 10.8 Å². The van der Waals surface area contributed by atoms with Gasteiger partial charge in [-0.1, -0.05) is 24.3 Å². The second kappa shape index (κ2) is 13.7. The van der Waals surface area contributed by atoms with E-state index in [1.807, 2.05) is 106 Å². The van der Waals surface area contributed by atoms with Crippen LogP contribution in [0.2, 0.25) is 0 Å². The maximum absolute atomic E-state index is 12.6. The van der Waals surface area contributed by atoms with Gasteiger partial charge in [-0.25, -0.2) is 19.6 Å². The Kier molecular flexibility index (Phi) is 8.45. The first-order chi connectivity index (χ1) is 25.9. The minimum atomic E-state index is -0.327. The molecule has 2 aliphatic rings. The predicted molar refractivity (Wildman–Crippen MR) is 208 cm³/mol. The summed E-state index contributed by atoms with van der Waals surface area (Å²) in [6.45, 7) is 7.78. The first-order valence-electron chi connectivity index (χ1n) is 17.9. The van der Waals surface area contributed by atoms with Gasteiger partial charge in [-0.2, -0.15) is 0 Å². The highest BCUT2D eigenvalue weighted by Crippen LogP contribution is 2.27. The number of hydrogen-bond donors (Lipinski definition) is 1. The summed E-state index contributed by atoms with van der Waals surface area (Å²) in [5.41, 5.74) is 4.43. The number of benzene rings is 2. The lowest BCUT2D eigenvalue weighted by Crippen LogP contribution is -2.44. The fourth-order valence-electron chi connectivity index (χ4n) is 7.09. The molecule has 0 bridgehead atoms. The molecule has 266 valence electrons. The second-order valence-electron chi connectivity index (χ2n) is 13.6. The molecule has 12 heteroatoms. The molecule has 0 unspecified atom stereocenters. The topological polar surface area (TPSA) is 117 Å². The number of anilines is 2. The summed E-state index contributed by atoms with van der Waals surface area (Å²) in [6, 6.07) is 27.4. The summed E-state index contributed by atoms with van der Waals surface area (Å²) >= 11 is 0. The molecule has 1 N–H and O–H groups in total. The SMILES string of the molecule is CN1CCN(c2ccc3cc(-c4cn5ccccc5n4)oc(=O)c3c2)CC1.O=c1oc(-c2cn3ccccc3n2)cc2ccc(N3CCNCC3)cc12. The van der Waals surface area contributed by atoms with Gasteiger partial charge >= 0.3 is 11.3 Å². The Balaban J connectivity index is 0.000000141. The molecule has 0 saturated carbocycles. The molecule has 8 aromatic rings. The molecule has 0 aliphatic carbocycles. The van der Waals surface area contributed by atoms with E-state index in [1.54, 1.807) is 0 Å². The van der Waals surface area contributed by atoms with Gasteiger partial charge in [0, 0.05) is 88.5 Å². The summed E-state index contributed by atoms with van der Waals surface area (Å²) < 4.78 is 15.0. The minimum absolute atomic E-state index is 0.324. The maximum Gasteiger partial charge on any atom is 0.344 e. The summed E-state index contributed by atoms with van der Waals surface area (Å²) in [6.07, 6.45) is 7.59. The third-order valence-corrected chi connectivity index (χ3v) is 10.1. The van der Waals surface area contributed by atoms with E-state index < -0.39 is 0 Å². The molecule has 2 fully saturated rings. The van der Waals surface area contributed by atoms with Gasteiger partial charge in [0.2, 0.25) is 0 Å². The highest BCUT2D eigenvalue weighted by Gasteiger charge is 2.17. The van der Waals surface area contributed by atoms with Crippen LogP contribution in [0.4, 0.5) is 11.4 Å². The lowest BCUT2D eigenvalue weighted by molar-refractivity contribution is 0.313. The zero-order valence-electron chi connectivity index (χ0n) is 29.3. The van der Waals surface area contributed by atoms with Crippen molar-refractivity contribution in [1.29, 1.82) is 0 Å². The van der Waals surface area contributed by atoms with Crippen LogP contribution >= 0.6 is 0 Å². The fourth-order valence-corrected chi connectivity index (χ4v) is 7.09. The highest BCUT2D eigenvalue weighted by atomic mass is 16.4. The lowest BCUT2D eigenvalue weighted by Gasteiger charge is -2.34. The van der Waals surface area contributed by atoms with Crippen molar-refractivity contribution in [3.05, 3.63) is 131 Å². The van der Waals surface area contributed by atoms with E-state index in [9.17, 15) is 9.59 Å². The van der Waals surface area contributed by atoms with Crippen molar-refractivity contribution in [2.45, 2.75) is 0 Å². The Labute approximate surface area is 304 Å². The van der Waals surface area contributed by atoms with Gasteiger partial charge in [-0.15, -0.1) is 0 Å². The van der Waals surface area contributed by atoms with Crippen molar-refractivity contribution >= 4 is 44.2 Å². The first-order valence-corrected chi connectivity index (χ1v) is 17.9. The standard InChI is InChI=1S/C21H20N4O2.C20H18N4O2/c1-23-8-10-24(11-9-23)16-6-5-15-12-19(27-21(26)17(15)13-16)18-14-25-7-3-2-4-20(25)22-18;25-20-16-12-15(23-9-6-21-7-10-23)5-4-14(16)11-18(26-20)17-13-24-8-2-1-3-19(24)22-17/h2-7,12-14H,8-11H2,1H3;1-5,8,11-13,21H,6-7,9-10H2. The quantitative estimate of drug-likeness (QED) is 0.256. The van der Waals surface area contributed by atoms with Crippen molar-refractivity contribution in [3.8, 4) is 22.9 Å². The molecule has 6 aromatic heterocycles. The van der Waals surface area contributed by atoms with Crippen LogP contribution in [0.15, 0.2) is 128 Å². The van der Waals surface area contributed by atoms with Crippen LogP contribution in [-0.4, -0.2) is 83.1 Å².